The molecule has 0 saturated carbocycles. The summed E-state index contributed by atoms with van der Waals surface area (Å²) in [5.41, 5.74) is 0. The summed E-state index contributed by atoms with van der Waals surface area (Å²) in [7, 11) is 0. The number of halogens is 1. The molecule has 1 fully saturated rings. The maximum atomic E-state index is 5.60. The lowest BCUT2D eigenvalue weighted by Gasteiger charge is -1.82. The predicted molar refractivity (Wildman–Crippen MR) is 29.3 cm³/mol. The van der Waals surface area contributed by atoms with Gasteiger partial charge in [0.2, 0.25) is 0 Å². The van der Waals surface area contributed by atoms with Gasteiger partial charge in [0.05, 0.1) is 6.61 Å². The highest BCUT2D eigenvalue weighted by Crippen LogP contribution is 2.21. The molecule has 0 bridgehead atoms. The van der Waals surface area contributed by atoms with E-state index in [2.05, 4.69) is 0 Å². The Balaban J connectivity index is 2.37. The third-order valence-electron chi connectivity index (χ3n) is 0.917. The molecule has 0 N–H and O–H groups in total. The van der Waals surface area contributed by atoms with Gasteiger partial charge in [0.15, 0.2) is 0 Å². The topological polar surface area (TPSA) is 12.5 Å². The Hall–Kier alpha value is -0.0100. The van der Waals surface area contributed by atoms with Crippen LogP contribution in [0.5, 0.6) is 0 Å². The van der Waals surface area contributed by atoms with Gasteiger partial charge >= 0.3 is 0 Å². The van der Waals surface area contributed by atoms with Crippen molar-refractivity contribution in [2.24, 2.45) is 0 Å². The van der Waals surface area contributed by atoms with E-state index < -0.39 is 0 Å². The smallest absolute Gasteiger partial charge is 0.116 e. The molecule has 1 aliphatic heterocycles. The molecule has 1 nitrogen and oxygen atoms in total. The van der Waals surface area contributed by atoms with Crippen LogP contribution in [0.25, 0.3) is 0 Å². The van der Waals surface area contributed by atoms with Crippen LogP contribution in [-0.2, 0) is 4.74 Å². The zero-order chi connectivity index (χ0) is 5.28. The van der Waals surface area contributed by atoms with E-state index >= 15 is 0 Å². The summed E-state index contributed by atoms with van der Waals surface area (Å²) in [6, 6.07) is 0. The Morgan fingerprint density at radius 1 is 2.00 bits per heavy atom. The standard InChI is InChI=1S/C5H7ClO/c1-2-4(6)5-3-7-5/h2,5H,3H2,1H3. The molecule has 40 valence electrons. The molecule has 1 aliphatic rings. The molecule has 0 amide bonds. The second-order valence-electron chi connectivity index (χ2n) is 1.50. The van der Waals surface area contributed by atoms with Crippen molar-refractivity contribution >= 4 is 11.6 Å². The first-order valence-corrected chi connectivity index (χ1v) is 2.65. The Bertz CT molecular complexity index is 94.3. The highest BCUT2D eigenvalue weighted by molar-refractivity contribution is 6.30. The molecule has 0 aliphatic carbocycles. The van der Waals surface area contributed by atoms with Crippen LogP contribution in [0.4, 0.5) is 0 Å². The van der Waals surface area contributed by atoms with Crippen molar-refractivity contribution in [1.82, 2.24) is 0 Å². The van der Waals surface area contributed by atoms with Gasteiger partial charge in [-0.25, -0.2) is 0 Å². The van der Waals surface area contributed by atoms with Crippen LogP contribution in [-0.4, -0.2) is 12.7 Å². The molecule has 0 aromatic rings. The van der Waals surface area contributed by atoms with E-state index in [0.29, 0.717) is 0 Å². The molecule has 2 heteroatoms. The van der Waals surface area contributed by atoms with E-state index in [1.54, 1.807) is 0 Å². The maximum Gasteiger partial charge on any atom is 0.116 e. The number of allylic oxidation sites excluding steroid dienone is 1. The first-order valence-electron chi connectivity index (χ1n) is 2.28. The van der Waals surface area contributed by atoms with Crippen molar-refractivity contribution in [3.8, 4) is 0 Å². The Morgan fingerprint density at radius 3 is 2.71 bits per heavy atom. The third kappa shape index (κ3) is 1.18. The number of rotatable bonds is 1. The van der Waals surface area contributed by atoms with Crippen molar-refractivity contribution in [3.05, 3.63) is 11.1 Å². The Kier molecular flexibility index (Phi) is 1.35. The normalized spacial score (nSPS) is 30.6. The fraction of sp³-hybridized carbons (Fsp3) is 0.600. The van der Waals surface area contributed by atoms with Gasteiger partial charge < -0.3 is 4.74 Å². The Morgan fingerprint density at radius 2 is 2.57 bits per heavy atom. The minimum atomic E-state index is 0.242. The minimum absolute atomic E-state index is 0.242. The van der Waals surface area contributed by atoms with E-state index in [1.165, 1.54) is 0 Å². The molecule has 1 rings (SSSR count). The van der Waals surface area contributed by atoms with Crippen molar-refractivity contribution in [2.45, 2.75) is 13.0 Å². The summed E-state index contributed by atoms with van der Waals surface area (Å²) in [5.74, 6) is 0. The summed E-state index contributed by atoms with van der Waals surface area (Å²) < 4.78 is 4.86. The monoisotopic (exact) mass is 118 g/mol. The molecule has 0 spiro atoms. The fourth-order valence-corrected chi connectivity index (χ4v) is 0.519. The molecule has 7 heavy (non-hydrogen) atoms. The summed E-state index contributed by atoms with van der Waals surface area (Å²) >= 11 is 5.60. The van der Waals surface area contributed by atoms with E-state index in [0.717, 1.165) is 11.6 Å². The van der Waals surface area contributed by atoms with E-state index in [-0.39, 0.29) is 6.10 Å². The summed E-state index contributed by atoms with van der Waals surface area (Å²) in [6.45, 7) is 2.72. The summed E-state index contributed by atoms with van der Waals surface area (Å²) in [5, 5.41) is 0.833. The van der Waals surface area contributed by atoms with Crippen LogP contribution in [0.1, 0.15) is 6.92 Å². The van der Waals surface area contributed by atoms with Crippen LogP contribution in [0.3, 0.4) is 0 Å². The molecule has 1 heterocycles. The number of hydrogen-bond donors (Lipinski definition) is 0. The SMILES string of the molecule is CC=C(Cl)C1CO1. The number of epoxide rings is 1. The van der Waals surface area contributed by atoms with E-state index in [4.69, 9.17) is 16.3 Å². The van der Waals surface area contributed by atoms with Crippen molar-refractivity contribution < 1.29 is 4.74 Å². The van der Waals surface area contributed by atoms with Gasteiger partial charge in [0.1, 0.15) is 6.10 Å². The predicted octanol–water partition coefficient (Wildman–Crippen LogP) is 1.53. The lowest BCUT2D eigenvalue weighted by atomic mass is 10.4. The lowest BCUT2D eigenvalue weighted by Crippen LogP contribution is -1.79. The first-order chi connectivity index (χ1) is 3.34. The van der Waals surface area contributed by atoms with Crippen LogP contribution < -0.4 is 0 Å². The molecule has 0 aromatic heterocycles. The lowest BCUT2D eigenvalue weighted by molar-refractivity contribution is 0.437. The van der Waals surface area contributed by atoms with Crippen LogP contribution >= 0.6 is 11.6 Å². The van der Waals surface area contributed by atoms with Crippen LogP contribution in [0.2, 0.25) is 0 Å². The molecule has 1 saturated heterocycles. The van der Waals surface area contributed by atoms with E-state index in [9.17, 15) is 0 Å². The van der Waals surface area contributed by atoms with Gasteiger partial charge in [-0.3, -0.25) is 0 Å². The molecule has 0 radical (unpaired) electrons. The van der Waals surface area contributed by atoms with Crippen LogP contribution in [0.15, 0.2) is 11.1 Å². The minimum Gasteiger partial charge on any atom is -0.367 e. The van der Waals surface area contributed by atoms with Crippen LogP contribution in [0, 0.1) is 0 Å². The van der Waals surface area contributed by atoms with Gasteiger partial charge in [-0.15, -0.1) is 0 Å². The Labute approximate surface area is 47.9 Å². The largest absolute Gasteiger partial charge is 0.367 e. The van der Waals surface area contributed by atoms with Gasteiger partial charge in [0.25, 0.3) is 0 Å². The second kappa shape index (κ2) is 1.85. The van der Waals surface area contributed by atoms with Gasteiger partial charge in [-0.2, -0.15) is 0 Å². The van der Waals surface area contributed by atoms with Gasteiger partial charge in [0, 0.05) is 5.03 Å². The van der Waals surface area contributed by atoms with Gasteiger partial charge in [-0.05, 0) is 6.92 Å². The number of hydrogen-bond acceptors (Lipinski definition) is 1. The molecule has 0 aromatic carbocycles. The van der Waals surface area contributed by atoms with Crippen molar-refractivity contribution in [3.63, 3.8) is 0 Å². The molecular weight excluding hydrogens is 112 g/mol. The van der Waals surface area contributed by atoms with Gasteiger partial charge in [-0.1, -0.05) is 17.7 Å². The highest BCUT2D eigenvalue weighted by atomic mass is 35.5. The van der Waals surface area contributed by atoms with E-state index in [1.807, 2.05) is 13.0 Å². The molecule has 1 atom stereocenters. The third-order valence-corrected chi connectivity index (χ3v) is 1.38. The summed E-state index contributed by atoms with van der Waals surface area (Å²) in [4.78, 5) is 0. The zero-order valence-corrected chi connectivity index (χ0v) is 4.90. The first kappa shape index (κ1) is 5.13. The molecule has 1 unspecified atom stereocenters. The highest BCUT2D eigenvalue weighted by Gasteiger charge is 2.24. The zero-order valence-electron chi connectivity index (χ0n) is 4.15. The maximum absolute atomic E-state index is 5.60. The van der Waals surface area contributed by atoms with Crippen molar-refractivity contribution in [2.75, 3.05) is 6.61 Å². The quantitative estimate of drug-likeness (QED) is 0.476. The number of ether oxygens (including phenoxy) is 1. The average molecular weight is 119 g/mol. The fourth-order valence-electron chi connectivity index (χ4n) is 0.393. The second-order valence-corrected chi connectivity index (χ2v) is 1.93. The molecular formula is C5H7ClO. The average Bonchev–Trinajstić information content (AvgIpc) is 2.44. The summed E-state index contributed by atoms with van der Waals surface area (Å²) in [6.07, 6.45) is 2.10. The van der Waals surface area contributed by atoms with Crippen molar-refractivity contribution in [1.29, 1.82) is 0 Å².